The zero-order chi connectivity index (χ0) is 41.7. The summed E-state index contributed by atoms with van der Waals surface area (Å²) in [6.07, 6.45) is 31.3. The Morgan fingerprint density at radius 3 is 1.05 bits per heavy atom. The van der Waals surface area contributed by atoms with Crippen LogP contribution >= 0.6 is 0 Å². The first kappa shape index (κ1) is 45.8. The summed E-state index contributed by atoms with van der Waals surface area (Å²) in [5.74, 6) is 3.66. The largest absolute Gasteiger partial charge is 0.435 e. The second kappa shape index (κ2) is 25.3. The van der Waals surface area contributed by atoms with Crippen LogP contribution in [0, 0.1) is 11.8 Å². The fourth-order valence-corrected chi connectivity index (χ4v) is 8.78. The molecule has 0 aromatic heterocycles. The first-order valence-electron chi connectivity index (χ1n) is 22.4. The molecule has 0 bridgehead atoms. The van der Waals surface area contributed by atoms with Crippen molar-refractivity contribution in [2.45, 2.75) is 148 Å². The predicted octanol–water partition coefficient (Wildman–Crippen LogP) is 17.0. The van der Waals surface area contributed by atoms with Crippen molar-refractivity contribution in [1.29, 1.82) is 0 Å². The number of halogens is 4. The summed E-state index contributed by atoms with van der Waals surface area (Å²) >= 11 is 0. The van der Waals surface area contributed by atoms with Gasteiger partial charge in [-0.15, -0.1) is 0 Å². The van der Waals surface area contributed by atoms with E-state index in [1.54, 1.807) is 48.5 Å². The van der Waals surface area contributed by atoms with Gasteiger partial charge in [-0.2, -0.15) is 17.6 Å². The highest BCUT2D eigenvalue weighted by Crippen LogP contribution is 2.39. The fourth-order valence-electron chi connectivity index (χ4n) is 8.78. The van der Waals surface area contributed by atoms with Crippen LogP contribution in [-0.4, -0.2) is 13.2 Å². The average Bonchev–Trinajstić information content (AvgIpc) is 3.25. The van der Waals surface area contributed by atoms with Crippen molar-refractivity contribution in [3.05, 3.63) is 130 Å². The Morgan fingerprint density at radius 2 is 0.729 bits per heavy atom. The highest BCUT2D eigenvalue weighted by Gasteiger charge is 2.23. The Bertz CT molecular complexity index is 1770. The lowest BCUT2D eigenvalue weighted by Crippen LogP contribution is -2.13. The van der Waals surface area contributed by atoms with E-state index >= 15 is 0 Å². The molecule has 0 atom stereocenters. The second-order valence-electron chi connectivity index (χ2n) is 16.7. The van der Waals surface area contributed by atoms with Gasteiger partial charge in [0, 0.05) is 0 Å². The van der Waals surface area contributed by atoms with E-state index < -0.39 is 13.2 Å². The van der Waals surface area contributed by atoms with Crippen molar-refractivity contribution in [3.63, 3.8) is 0 Å². The summed E-state index contributed by atoms with van der Waals surface area (Å²) in [6.45, 7) is -1.02. The molecule has 0 N–H and O–H groups in total. The van der Waals surface area contributed by atoms with Gasteiger partial charge in [0.2, 0.25) is 0 Å². The number of alkyl halides is 4. The maximum Gasteiger partial charge on any atom is 0.387 e. The topological polar surface area (TPSA) is 18.5 Å². The number of rotatable bonds is 19. The summed E-state index contributed by atoms with van der Waals surface area (Å²) in [6, 6.07) is 31.1. The quantitative estimate of drug-likeness (QED) is 0.0534. The van der Waals surface area contributed by atoms with Gasteiger partial charge >= 0.3 is 13.2 Å². The molecule has 4 aromatic rings. The molecule has 6 rings (SSSR count). The molecule has 0 unspecified atom stereocenters. The average molecular weight is 811 g/mol. The smallest absolute Gasteiger partial charge is 0.387 e. The highest BCUT2D eigenvalue weighted by atomic mass is 19.3. The molecule has 0 saturated heterocycles. The molecule has 0 aliphatic heterocycles. The Hall–Kier alpha value is -4.32. The number of hydrogen-bond donors (Lipinski definition) is 0. The van der Waals surface area contributed by atoms with Crippen molar-refractivity contribution in [1.82, 2.24) is 0 Å². The molecule has 2 aliphatic rings. The normalized spacial score (nSPS) is 19.6. The van der Waals surface area contributed by atoms with Gasteiger partial charge < -0.3 is 9.47 Å². The molecule has 0 radical (unpaired) electrons. The Balaban J connectivity index is 0.000000224. The summed E-state index contributed by atoms with van der Waals surface area (Å²) in [5.41, 5.74) is 7.13. The molecule has 0 heterocycles. The van der Waals surface area contributed by atoms with E-state index in [1.165, 1.54) is 120 Å². The fraction of sp³-hybridized carbons (Fsp3) is 0.472. The molecule has 6 heteroatoms. The molecule has 2 aliphatic carbocycles. The van der Waals surface area contributed by atoms with E-state index in [1.807, 2.05) is 12.2 Å². The molecule has 2 nitrogen and oxygen atoms in total. The lowest BCUT2D eigenvalue weighted by molar-refractivity contribution is -0.0505. The Kier molecular flexibility index (Phi) is 19.6. The van der Waals surface area contributed by atoms with E-state index in [0.717, 1.165) is 34.1 Å². The molecule has 2 fully saturated rings. The number of ether oxygens (including phenoxy) is 2. The van der Waals surface area contributed by atoms with Gasteiger partial charge in [0.15, 0.2) is 0 Å². The number of unbranched alkanes of at least 4 members (excludes halogenated alkanes) is 5. The molecular weight excluding hydrogens is 745 g/mol. The van der Waals surface area contributed by atoms with Gasteiger partial charge in [-0.3, -0.25) is 0 Å². The first-order valence-corrected chi connectivity index (χ1v) is 22.4. The van der Waals surface area contributed by atoms with Crippen LogP contribution in [-0.2, 0) is 0 Å². The first-order chi connectivity index (χ1) is 28.8. The van der Waals surface area contributed by atoms with Crippen LogP contribution in [0.4, 0.5) is 17.6 Å². The molecule has 59 heavy (non-hydrogen) atoms. The predicted molar refractivity (Wildman–Crippen MR) is 239 cm³/mol. The van der Waals surface area contributed by atoms with Gasteiger partial charge in [-0.05, 0) is 133 Å². The van der Waals surface area contributed by atoms with Crippen LogP contribution in [0.15, 0.2) is 97.1 Å². The third-order valence-electron chi connectivity index (χ3n) is 12.3. The molecule has 318 valence electrons. The lowest BCUT2D eigenvalue weighted by Gasteiger charge is -2.29. The third-order valence-corrected chi connectivity index (χ3v) is 12.3. The maximum absolute atomic E-state index is 12.2. The van der Waals surface area contributed by atoms with Crippen LogP contribution in [0.2, 0.25) is 0 Å². The molecular formula is C53H66F4O2. The van der Waals surface area contributed by atoms with E-state index in [9.17, 15) is 17.6 Å². The SMILES string of the molecule is CCCCCC[C@H]1CC[C@H](c2ccc(C=Cc3ccc(OC(F)F)cc3)cc2)CC1.CCCCC[C@H]1CC[C@H](c2ccc(C=Cc3ccc(OC(F)F)cc3)cc2)CC1. The summed E-state index contributed by atoms with van der Waals surface area (Å²) in [5, 5.41) is 0. The zero-order valence-electron chi connectivity index (χ0n) is 35.4. The van der Waals surface area contributed by atoms with Crippen molar-refractivity contribution in [3.8, 4) is 11.5 Å². The standard InChI is InChI=1S/C27H34F2O.C26H32F2O/c1-2-3-4-5-6-21-9-15-24(16-10-21)25-17-11-22(12-18-25)7-8-23-13-19-26(20-14-23)30-27(28)29;1-2-3-4-5-20-8-14-23(15-9-20)24-16-10-21(11-17-24)6-7-22-12-18-25(19-13-22)29-26(27)28/h7-8,11-14,17-21,24,27H,2-6,9-10,15-16H2,1H3;6-7,10-13,16-20,23,26H,2-5,8-9,14-15H2,1H3/t21-,24-;20-,23-. The summed E-state index contributed by atoms with van der Waals surface area (Å²) in [7, 11) is 0. The van der Waals surface area contributed by atoms with Crippen molar-refractivity contribution >= 4 is 24.3 Å². The van der Waals surface area contributed by atoms with Crippen LogP contribution in [0.5, 0.6) is 11.5 Å². The van der Waals surface area contributed by atoms with Gasteiger partial charge in [0.05, 0.1) is 0 Å². The van der Waals surface area contributed by atoms with Crippen LogP contribution in [0.25, 0.3) is 24.3 Å². The van der Waals surface area contributed by atoms with Gasteiger partial charge in [0.1, 0.15) is 11.5 Å². The minimum Gasteiger partial charge on any atom is -0.435 e. The van der Waals surface area contributed by atoms with Crippen molar-refractivity contribution < 1.29 is 27.0 Å². The van der Waals surface area contributed by atoms with Gasteiger partial charge in [-0.25, -0.2) is 0 Å². The molecule has 4 aromatic carbocycles. The lowest BCUT2D eigenvalue weighted by atomic mass is 9.77. The van der Waals surface area contributed by atoms with Crippen molar-refractivity contribution in [2.75, 3.05) is 0 Å². The summed E-state index contributed by atoms with van der Waals surface area (Å²) in [4.78, 5) is 0. The Labute approximate surface area is 352 Å². The minimum absolute atomic E-state index is 0.182. The van der Waals surface area contributed by atoms with Crippen molar-refractivity contribution in [2.24, 2.45) is 11.8 Å². The maximum atomic E-state index is 12.2. The molecule has 0 amide bonds. The minimum atomic E-state index is -2.79. The van der Waals surface area contributed by atoms with Crippen LogP contribution < -0.4 is 9.47 Å². The van der Waals surface area contributed by atoms with E-state index in [0.29, 0.717) is 11.8 Å². The van der Waals surface area contributed by atoms with Gasteiger partial charge in [0.25, 0.3) is 0 Å². The monoisotopic (exact) mass is 810 g/mol. The number of benzene rings is 4. The Morgan fingerprint density at radius 1 is 0.424 bits per heavy atom. The van der Waals surface area contributed by atoms with Crippen LogP contribution in [0.3, 0.4) is 0 Å². The van der Waals surface area contributed by atoms with Gasteiger partial charge in [-0.1, -0.05) is 169 Å². The van der Waals surface area contributed by atoms with Crippen LogP contribution in [0.1, 0.15) is 168 Å². The van der Waals surface area contributed by atoms with E-state index in [2.05, 4.69) is 84.0 Å². The second-order valence-corrected chi connectivity index (χ2v) is 16.7. The zero-order valence-corrected chi connectivity index (χ0v) is 35.4. The number of hydrogen-bond acceptors (Lipinski definition) is 2. The molecule has 0 spiro atoms. The molecule has 2 saturated carbocycles. The third kappa shape index (κ3) is 16.7. The highest BCUT2D eigenvalue weighted by molar-refractivity contribution is 5.70. The van der Waals surface area contributed by atoms with E-state index in [4.69, 9.17) is 0 Å². The van der Waals surface area contributed by atoms with E-state index in [-0.39, 0.29) is 11.5 Å². The summed E-state index contributed by atoms with van der Waals surface area (Å²) < 4.78 is 57.6.